The van der Waals surface area contributed by atoms with Crippen molar-refractivity contribution in [1.82, 2.24) is 0 Å². The van der Waals surface area contributed by atoms with Crippen LogP contribution in [-0.4, -0.2) is 17.4 Å². The highest BCUT2D eigenvalue weighted by molar-refractivity contribution is 5.85. The van der Waals surface area contributed by atoms with Gasteiger partial charge in [0, 0.05) is 5.92 Å². The predicted octanol–water partition coefficient (Wildman–Crippen LogP) is 0.932. The largest absolute Gasteiger partial charge is 0.481 e. The lowest BCUT2D eigenvalue weighted by Crippen LogP contribution is -2.24. The van der Waals surface area contributed by atoms with Crippen LogP contribution in [0.1, 0.15) is 20.3 Å². The topological polar surface area (TPSA) is 54.4 Å². The fourth-order valence-corrected chi connectivity index (χ4v) is 1.63. The fourth-order valence-electron chi connectivity index (χ4n) is 1.63. The van der Waals surface area contributed by atoms with Gasteiger partial charge in [0.25, 0.3) is 0 Å². The second kappa shape index (κ2) is 2.32. The molecule has 11 heavy (non-hydrogen) atoms. The molecule has 0 amide bonds. The van der Waals surface area contributed by atoms with Crippen molar-refractivity contribution in [2.24, 2.45) is 17.3 Å². The van der Waals surface area contributed by atoms with Crippen molar-refractivity contribution in [3.63, 3.8) is 0 Å². The maximum absolute atomic E-state index is 10.7. The van der Waals surface area contributed by atoms with E-state index in [0.717, 1.165) is 6.29 Å². The first-order chi connectivity index (χ1) is 5.05. The molecule has 1 rings (SSSR count). The molecule has 0 aromatic heterocycles. The minimum atomic E-state index is -0.829. The summed E-state index contributed by atoms with van der Waals surface area (Å²) in [6.45, 7) is 3.69. The van der Waals surface area contributed by atoms with E-state index in [9.17, 15) is 9.59 Å². The average molecular weight is 156 g/mol. The Kier molecular flexibility index (Phi) is 1.74. The zero-order valence-electron chi connectivity index (χ0n) is 6.70. The second-order valence-corrected chi connectivity index (χ2v) is 3.45. The highest BCUT2D eigenvalue weighted by Gasteiger charge is 2.62. The van der Waals surface area contributed by atoms with Crippen molar-refractivity contribution in [2.75, 3.05) is 0 Å². The molecule has 2 atom stereocenters. The van der Waals surface area contributed by atoms with Gasteiger partial charge in [-0.1, -0.05) is 13.8 Å². The average Bonchev–Trinajstić information content (AvgIpc) is 2.61. The van der Waals surface area contributed by atoms with Gasteiger partial charge in [0.15, 0.2) is 0 Å². The summed E-state index contributed by atoms with van der Waals surface area (Å²) in [5.74, 6) is -1.03. The van der Waals surface area contributed by atoms with E-state index in [0.29, 0.717) is 6.42 Å². The van der Waals surface area contributed by atoms with Crippen LogP contribution in [0.25, 0.3) is 0 Å². The number of hydrogen-bond donors (Lipinski definition) is 1. The third kappa shape index (κ3) is 0.951. The minimum absolute atomic E-state index is 0.0511. The van der Waals surface area contributed by atoms with Gasteiger partial charge in [0.2, 0.25) is 0 Å². The quantitative estimate of drug-likeness (QED) is 0.618. The van der Waals surface area contributed by atoms with Gasteiger partial charge in [-0.25, -0.2) is 0 Å². The third-order valence-corrected chi connectivity index (χ3v) is 2.65. The first-order valence-electron chi connectivity index (χ1n) is 3.74. The number of carbonyl (C=O) groups is 2. The lowest BCUT2D eigenvalue weighted by Gasteiger charge is -2.13. The van der Waals surface area contributed by atoms with Crippen molar-refractivity contribution in [2.45, 2.75) is 20.3 Å². The first kappa shape index (κ1) is 8.24. The molecule has 1 aliphatic carbocycles. The summed E-state index contributed by atoms with van der Waals surface area (Å²) in [6.07, 6.45) is 1.28. The number of rotatable bonds is 3. The number of carboxylic acid groups (broad SMARTS) is 1. The van der Waals surface area contributed by atoms with Gasteiger partial charge in [-0.2, -0.15) is 0 Å². The number of carbonyl (C=O) groups excluding carboxylic acids is 1. The van der Waals surface area contributed by atoms with E-state index in [2.05, 4.69) is 0 Å². The van der Waals surface area contributed by atoms with Gasteiger partial charge in [0.1, 0.15) is 6.29 Å². The number of hydrogen-bond acceptors (Lipinski definition) is 2. The molecule has 0 unspecified atom stereocenters. The highest BCUT2D eigenvalue weighted by atomic mass is 16.4. The van der Waals surface area contributed by atoms with Crippen LogP contribution in [0.2, 0.25) is 0 Å². The molecule has 0 aliphatic heterocycles. The molecule has 0 radical (unpaired) electrons. The Morgan fingerprint density at radius 1 is 1.73 bits per heavy atom. The molecule has 0 aromatic rings. The van der Waals surface area contributed by atoms with Gasteiger partial charge in [0.05, 0.1) is 5.41 Å². The van der Waals surface area contributed by atoms with Crippen LogP contribution >= 0.6 is 0 Å². The van der Waals surface area contributed by atoms with Crippen LogP contribution in [0.5, 0.6) is 0 Å². The van der Waals surface area contributed by atoms with Gasteiger partial charge >= 0.3 is 5.97 Å². The normalized spacial score (nSPS) is 35.4. The summed E-state index contributed by atoms with van der Waals surface area (Å²) in [5.41, 5.74) is -0.734. The monoisotopic (exact) mass is 156 g/mol. The molecule has 1 aliphatic rings. The Bertz CT molecular complexity index is 198. The Balaban J connectivity index is 2.78. The van der Waals surface area contributed by atoms with E-state index in [1.54, 1.807) is 0 Å². The lowest BCUT2D eigenvalue weighted by atomic mass is 9.90. The molecule has 0 spiro atoms. The molecule has 1 fully saturated rings. The smallest absolute Gasteiger partial charge is 0.310 e. The van der Waals surface area contributed by atoms with Crippen LogP contribution in [-0.2, 0) is 9.59 Å². The standard InChI is InChI=1S/C8H12O3/c1-5(2)8(7(10)11)3-6(8)4-9/h4-6H,3H2,1-2H3,(H,10,11)/t6-,8+/m0/s1. The van der Waals surface area contributed by atoms with E-state index in [4.69, 9.17) is 5.11 Å². The van der Waals surface area contributed by atoms with Gasteiger partial charge in [-0.3, -0.25) is 4.79 Å². The Morgan fingerprint density at radius 3 is 2.36 bits per heavy atom. The molecule has 0 aromatic carbocycles. The van der Waals surface area contributed by atoms with Crippen LogP contribution in [0.4, 0.5) is 0 Å². The lowest BCUT2D eigenvalue weighted by molar-refractivity contribution is -0.146. The van der Waals surface area contributed by atoms with E-state index in [1.807, 2.05) is 13.8 Å². The van der Waals surface area contributed by atoms with E-state index in [-0.39, 0.29) is 11.8 Å². The van der Waals surface area contributed by atoms with Crippen LogP contribution in [0, 0.1) is 17.3 Å². The minimum Gasteiger partial charge on any atom is -0.481 e. The summed E-state index contributed by atoms with van der Waals surface area (Å²) in [4.78, 5) is 21.1. The maximum atomic E-state index is 10.7. The predicted molar refractivity (Wildman–Crippen MR) is 39.1 cm³/mol. The maximum Gasteiger partial charge on any atom is 0.310 e. The van der Waals surface area contributed by atoms with Crippen molar-refractivity contribution in [3.05, 3.63) is 0 Å². The Morgan fingerprint density at radius 2 is 2.27 bits per heavy atom. The zero-order valence-corrected chi connectivity index (χ0v) is 6.70. The van der Waals surface area contributed by atoms with Crippen LogP contribution in [0.15, 0.2) is 0 Å². The van der Waals surface area contributed by atoms with Crippen molar-refractivity contribution in [1.29, 1.82) is 0 Å². The van der Waals surface area contributed by atoms with Crippen LogP contribution in [0.3, 0.4) is 0 Å². The highest BCUT2D eigenvalue weighted by Crippen LogP contribution is 2.56. The molecule has 0 heterocycles. The van der Waals surface area contributed by atoms with E-state index < -0.39 is 11.4 Å². The Hall–Kier alpha value is -0.860. The van der Waals surface area contributed by atoms with Crippen LogP contribution < -0.4 is 0 Å². The zero-order chi connectivity index (χ0) is 8.65. The van der Waals surface area contributed by atoms with E-state index in [1.165, 1.54) is 0 Å². The second-order valence-electron chi connectivity index (χ2n) is 3.45. The molecule has 3 nitrogen and oxygen atoms in total. The summed E-state index contributed by atoms with van der Waals surface area (Å²) >= 11 is 0. The molecular formula is C8H12O3. The van der Waals surface area contributed by atoms with Crippen molar-refractivity contribution >= 4 is 12.3 Å². The third-order valence-electron chi connectivity index (χ3n) is 2.65. The molecule has 62 valence electrons. The molecule has 0 bridgehead atoms. The number of aliphatic carboxylic acids is 1. The number of carboxylic acids is 1. The van der Waals surface area contributed by atoms with Crippen molar-refractivity contribution < 1.29 is 14.7 Å². The molecule has 1 saturated carbocycles. The van der Waals surface area contributed by atoms with Crippen molar-refractivity contribution in [3.8, 4) is 0 Å². The molecular weight excluding hydrogens is 144 g/mol. The van der Waals surface area contributed by atoms with Gasteiger partial charge in [-0.05, 0) is 12.3 Å². The summed E-state index contributed by atoms with van der Waals surface area (Å²) in [7, 11) is 0. The van der Waals surface area contributed by atoms with E-state index >= 15 is 0 Å². The summed E-state index contributed by atoms with van der Waals surface area (Å²) in [5, 5.41) is 8.82. The molecule has 3 heteroatoms. The van der Waals surface area contributed by atoms with Gasteiger partial charge < -0.3 is 9.90 Å². The SMILES string of the molecule is CC(C)[C@]1(C(=O)O)C[C@H]1C=O. The van der Waals surface area contributed by atoms with Gasteiger partial charge in [-0.15, -0.1) is 0 Å². The fraction of sp³-hybridized carbons (Fsp3) is 0.750. The molecule has 1 N–H and O–H groups in total. The summed E-state index contributed by atoms with van der Waals surface area (Å²) in [6, 6.07) is 0. The summed E-state index contributed by atoms with van der Waals surface area (Å²) < 4.78 is 0. The number of aldehydes is 1. The first-order valence-corrected chi connectivity index (χ1v) is 3.74. The molecule has 0 saturated heterocycles. The Labute approximate surface area is 65.4 Å².